The van der Waals surface area contributed by atoms with Gasteiger partial charge in [-0.25, -0.2) is 4.79 Å². The van der Waals surface area contributed by atoms with E-state index in [1.54, 1.807) is 26.0 Å². The van der Waals surface area contributed by atoms with Crippen molar-refractivity contribution in [1.82, 2.24) is 5.32 Å². The van der Waals surface area contributed by atoms with Gasteiger partial charge in [-0.3, -0.25) is 4.79 Å². The number of amides is 2. The minimum absolute atomic E-state index is 0.0969. The third kappa shape index (κ3) is 4.04. The third-order valence-corrected chi connectivity index (χ3v) is 5.22. The van der Waals surface area contributed by atoms with Crippen LogP contribution in [0.2, 0.25) is 0 Å². The number of fused-ring (bicyclic) bond motifs is 2. The van der Waals surface area contributed by atoms with E-state index in [9.17, 15) is 14.7 Å². The largest absolute Gasteiger partial charge is 0.485 e. The highest BCUT2D eigenvalue weighted by molar-refractivity contribution is 5.95. The van der Waals surface area contributed by atoms with Crippen LogP contribution >= 0.6 is 0 Å². The van der Waals surface area contributed by atoms with Gasteiger partial charge in [-0.1, -0.05) is 30.3 Å². The SMILES string of the molecule is CC1(C)Oc2cc3c(cc2C(NC(=O)OCCc2ccccc2)C1O)OCC(=O)N3. The van der Waals surface area contributed by atoms with E-state index in [0.717, 1.165) is 5.56 Å². The van der Waals surface area contributed by atoms with Crippen molar-refractivity contribution in [1.29, 1.82) is 0 Å². The molecule has 2 aromatic rings. The Balaban J connectivity index is 1.50. The first-order valence-corrected chi connectivity index (χ1v) is 9.78. The number of ether oxygens (including phenoxy) is 3. The summed E-state index contributed by atoms with van der Waals surface area (Å²) in [4.78, 5) is 24.0. The highest BCUT2D eigenvalue weighted by atomic mass is 16.5. The minimum atomic E-state index is -1.03. The number of rotatable bonds is 4. The summed E-state index contributed by atoms with van der Waals surface area (Å²) < 4.78 is 16.7. The smallest absolute Gasteiger partial charge is 0.407 e. The van der Waals surface area contributed by atoms with Crippen molar-refractivity contribution in [3.8, 4) is 11.5 Å². The first kappa shape index (κ1) is 20.0. The van der Waals surface area contributed by atoms with Crippen LogP contribution in [0.5, 0.6) is 11.5 Å². The molecule has 0 saturated carbocycles. The van der Waals surface area contributed by atoms with Crippen molar-refractivity contribution in [2.24, 2.45) is 0 Å². The van der Waals surface area contributed by atoms with Crippen LogP contribution in [0.1, 0.15) is 31.0 Å². The number of nitrogens with one attached hydrogen (secondary N) is 2. The fraction of sp³-hybridized carbons (Fsp3) is 0.364. The van der Waals surface area contributed by atoms with Gasteiger partial charge in [0.25, 0.3) is 5.91 Å². The lowest BCUT2D eigenvalue weighted by Gasteiger charge is -2.42. The third-order valence-electron chi connectivity index (χ3n) is 5.22. The number of carbonyl (C=O) groups excluding carboxylic acids is 2. The summed E-state index contributed by atoms with van der Waals surface area (Å²) in [5.41, 5.74) is 1.13. The minimum Gasteiger partial charge on any atom is -0.485 e. The molecule has 0 radical (unpaired) electrons. The Morgan fingerprint density at radius 1 is 1.27 bits per heavy atom. The van der Waals surface area contributed by atoms with E-state index in [1.165, 1.54) is 0 Å². The molecule has 0 saturated heterocycles. The molecule has 8 nitrogen and oxygen atoms in total. The van der Waals surface area contributed by atoms with Gasteiger partial charge >= 0.3 is 6.09 Å². The fourth-order valence-electron chi connectivity index (χ4n) is 3.60. The number of aliphatic hydroxyl groups excluding tert-OH is 1. The number of carbonyl (C=O) groups is 2. The Morgan fingerprint density at radius 3 is 2.80 bits per heavy atom. The maximum atomic E-state index is 12.4. The lowest BCUT2D eigenvalue weighted by molar-refractivity contribution is -0.118. The summed E-state index contributed by atoms with van der Waals surface area (Å²) in [6.07, 6.45) is -1.07. The van der Waals surface area contributed by atoms with Gasteiger partial charge in [-0.05, 0) is 25.5 Å². The number of anilines is 1. The van der Waals surface area contributed by atoms with E-state index >= 15 is 0 Å². The molecule has 0 bridgehead atoms. The molecule has 8 heteroatoms. The summed E-state index contributed by atoms with van der Waals surface area (Å²) in [6.45, 7) is 3.57. The van der Waals surface area contributed by atoms with Crippen LogP contribution in [0, 0.1) is 0 Å². The second-order valence-corrected chi connectivity index (χ2v) is 7.87. The standard InChI is InChI=1S/C22H24N2O6/c1-22(2)20(26)19(24-21(27)28-9-8-13-6-4-3-5-7-13)14-10-17-15(11-16(14)30-22)23-18(25)12-29-17/h3-7,10-11,19-20,26H,8-9,12H2,1-2H3,(H,23,25)(H,24,27). The summed E-state index contributed by atoms with van der Waals surface area (Å²) in [5, 5.41) is 16.3. The maximum Gasteiger partial charge on any atom is 0.407 e. The van der Waals surface area contributed by atoms with Crippen molar-refractivity contribution >= 4 is 17.7 Å². The predicted octanol–water partition coefficient (Wildman–Crippen LogP) is 2.56. The van der Waals surface area contributed by atoms with Crippen LogP contribution in [-0.4, -0.2) is 42.0 Å². The number of aliphatic hydroxyl groups is 1. The van der Waals surface area contributed by atoms with Crippen LogP contribution in [-0.2, 0) is 16.0 Å². The van der Waals surface area contributed by atoms with E-state index in [1.807, 2.05) is 30.3 Å². The molecule has 2 unspecified atom stereocenters. The van der Waals surface area contributed by atoms with E-state index < -0.39 is 23.8 Å². The number of hydrogen-bond donors (Lipinski definition) is 3. The Bertz CT molecular complexity index is 960. The molecule has 2 amide bonds. The number of alkyl carbamates (subject to hydrolysis) is 1. The van der Waals surface area contributed by atoms with Gasteiger partial charge in [-0.15, -0.1) is 0 Å². The summed E-state index contributed by atoms with van der Waals surface area (Å²) in [6, 6.07) is 12.3. The molecule has 0 aromatic heterocycles. The second kappa shape index (κ2) is 7.87. The molecule has 2 aromatic carbocycles. The average molecular weight is 412 g/mol. The average Bonchev–Trinajstić information content (AvgIpc) is 2.71. The molecule has 0 aliphatic carbocycles. The molecule has 158 valence electrons. The van der Waals surface area contributed by atoms with Gasteiger partial charge in [-0.2, -0.15) is 0 Å². The van der Waals surface area contributed by atoms with Crippen LogP contribution in [0.3, 0.4) is 0 Å². The Kier molecular flexibility index (Phi) is 5.26. The molecule has 3 N–H and O–H groups in total. The van der Waals surface area contributed by atoms with Crippen molar-refractivity contribution in [3.05, 3.63) is 53.6 Å². The van der Waals surface area contributed by atoms with Gasteiger partial charge in [0.15, 0.2) is 6.61 Å². The Morgan fingerprint density at radius 2 is 2.03 bits per heavy atom. The zero-order chi connectivity index (χ0) is 21.3. The lowest BCUT2D eigenvalue weighted by Crippen LogP contribution is -2.53. The monoisotopic (exact) mass is 412 g/mol. The van der Waals surface area contributed by atoms with E-state index in [0.29, 0.717) is 29.2 Å². The molecule has 2 atom stereocenters. The molecule has 2 aliphatic heterocycles. The molecule has 30 heavy (non-hydrogen) atoms. The van der Waals surface area contributed by atoms with E-state index in [2.05, 4.69) is 10.6 Å². The van der Waals surface area contributed by atoms with Gasteiger partial charge in [0, 0.05) is 18.1 Å². The van der Waals surface area contributed by atoms with Gasteiger partial charge in [0.2, 0.25) is 0 Å². The quantitative estimate of drug-likeness (QED) is 0.713. The molecule has 0 spiro atoms. The number of hydrogen-bond acceptors (Lipinski definition) is 6. The molecule has 0 fully saturated rings. The van der Waals surface area contributed by atoms with Crippen molar-refractivity contribution < 1.29 is 28.9 Å². The highest BCUT2D eigenvalue weighted by Crippen LogP contribution is 2.45. The molecular formula is C22H24N2O6. The zero-order valence-corrected chi connectivity index (χ0v) is 16.8. The maximum absolute atomic E-state index is 12.4. The normalized spacial score (nSPS) is 21.2. The van der Waals surface area contributed by atoms with Gasteiger partial charge < -0.3 is 30.0 Å². The Labute approximate surface area is 174 Å². The van der Waals surface area contributed by atoms with Crippen molar-refractivity contribution in [3.63, 3.8) is 0 Å². The summed E-state index contributed by atoms with van der Waals surface area (Å²) in [5.74, 6) is 0.645. The van der Waals surface area contributed by atoms with Crippen LogP contribution < -0.4 is 20.1 Å². The molecule has 4 rings (SSSR count). The lowest BCUT2D eigenvalue weighted by atomic mass is 9.86. The van der Waals surface area contributed by atoms with Crippen molar-refractivity contribution in [2.75, 3.05) is 18.5 Å². The fourth-order valence-corrected chi connectivity index (χ4v) is 3.60. The first-order chi connectivity index (χ1) is 14.3. The first-order valence-electron chi connectivity index (χ1n) is 9.78. The molecule has 2 heterocycles. The zero-order valence-electron chi connectivity index (χ0n) is 16.8. The summed E-state index contributed by atoms with van der Waals surface area (Å²) >= 11 is 0. The van der Waals surface area contributed by atoms with Crippen LogP contribution in [0.15, 0.2) is 42.5 Å². The van der Waals surface area contributed by atoms with E-state index in [-0.39, 0.29) is 19.1 Å². The predicted molar refractivity (Wildman–Crippen MR) is 109 cm³/mol. The summed E-state index contributed by atoms with van der Waals surface area (Å²) in [7, 11) is 0. The van der Waals surface area contributed by atoms with Crippen LogP contribution in [0.4, 0.5) is 10.5 Å². The molecular weight excluding hydrogens is 388 g/mol. The van der Waals surface area contributed by atoms with Gasteiger partial charge in [0.1, 0.15) is 23.2 Å². The van der Waals surface area contributed by atoms with Crippen molar-refractivity contribution in [2.45, 2.75) is 38.0 Å². The topological polar surface area (TPSA) is 106 Å². The molecule has 2 aliphatic rings. The van der Waals surface area contributed by atoms with Gasteiger partial charge in [0.05, 0.1) is 18.3 Å². The highest BCUT2D eigenvalue weighted by Gasteiger charge is 2.44. The Hall–Kier alpha value is -3.26. The second-order valence-electron chi connectivity index (χ2n) is 7.87. The van der Waals surface area contributed by atoms with Crippen LogP contribution in [0.25, 0.3) is 0 Å². The number of benzene rings is 2. The van der Waals surface area contributed by atoms with E-state index in [4.69, 9.17) is 14.2 Å².